The second-order valence-corrected chi connectivity index (χ2v) is 5.04. The zero-order valence-corrected chi connectivity index (χ0v) is 12.1. The Bertz CT molecular complexity index is 687. The average molecular weight is 310 g/mol. The molecule has 0 saturated carbocycles. The molecule has 2 heterocycles. The van der Waals surface area contributed by atoms with Gasteiger partial charge in [0.1, 0.15) is 5.69 Å². The highest BCUT2D eigenvalue weighted by Crippen LogP contribution is 2.17. The fourth-order valence-electron chi connectivity index (χ4n) is 1.61. The van der Waals surface area contributed by atoms with Gasteiger partial charge in [0.15, 0.2) is 5.13 Å². The first-order valence-electron chi connectivity index (χ1n) is 6.18. The lowest BCUT2D eigenvalue weighted by molar-refractivity contribution is -0.140. The van der Waals surface area contributed by atoms with Gasteiger partial charge in [0.05, 0.1) is 12.8 Å². The molecule has 0 unspecified atom stereocenters. The van der Waals surface area contributed by atoms with Crippen LogP contribution in [0.5, 0.6) is 0 Å². The van der Waals surface area contributed by atoms with Crippen LogP contribution in [0.3, 0.4) is 0 Å². The quantitative estimate of drug-likeness (QED) is 0.685. The number of thiazole rings is 1. The number of ether oxygens (including phenoxy) is 1. The topological polar surface area (TPSA) is 117 Å². The molecule has 1 amide bonds. The normalized spacial score (nSPS) is 10.3. The highest BCUT2D eigenvalue weighted by molar-refractivity contribution is 7.13. The first kappa shape index (κ1) is 15.0. The second-order valence-electron chi connectivity index (χ2n) is 4.18. The third kappa shape index (κ3) is 4.28. The molecule has 0 atom stereocenters. The number of nitrogens with zero attached hydrogens (tertiary/aromatic N) is 1. The number of methoxy groups -OCH3 is 1. The Balaban J connectivity index is 1.86. The van der Waals surface area contributed by atoms with Gasteiger partial charge < -0.3 is 14.7 Å². The lowest BCUT2D eigenvalue weighted by Crippen LogP contribution is -2.13. The lowest BCUT2D eigenvalue weighted by atomic mass is 10.2. The van der Waals surface area contributed by atoms with E-state index in [9.17, 15) is 14.4 Å². The van der Waals surface area contributed by atoms with E-state index < -0.39 is 11.6 Å². The standard InChI is InChI=1S/C12H14N4O4S/c1-20-9(17)4-2-3-7-6-21-12(14-7)16-10(18)8-5-13-11(19)15-8/h5-6H,2-4H2,1H3,(H2,13,15,19)(H,14,16,18). The van der Waals surface area contributed by atoms with Gasteiger partial charge in [0.25, 0.3) is 5.91 Å². The average Bonchev–Trinajstić information content (AvgIpc) is 3.08. The van der Waals surface area contributed by atoms with Crippen molar-refractivity contribution in [3.63, 3.8) is 0 Å². The van der Waals surface area contributed by atoms with Crippen LogP contribution in [-0.4, -0.2) is 33.9 Å². The fourth-order valence-corrected chi connectivity index (χ4v) is 2.35. The Labute approximate surface area is 123 Å². The summed E-state index contributed by atoms with van der Waals surface area (Å²) in [5.41, 5.74) is 0.493. The molecule has 3 N–H and O–H groups in total. The molecule has 0 aliphatic rings. The van der Waals surface area contributed by atoms with Gasteiger partial charge >= 0.3 is 11.7 Å². The summed E-state index contributed by atoms with van der Waals surface area (Å²) in [6.07, 6.45) is 2.89. The Morgan fingerprint density at radius 2 is 2.29 bits per heavy atom. The van der Waals surface area contributed by atoms with Crippen molar-refractivity contribution >= 4 is 28.3 Å². The summed E-state index contributed by atoms with van der Waals surface area (Å²) in [6.45, 7) is 0. The molecule has 0 bridgehead atoms. The molecule has 0 spiro atoms. The van der Waals surface area contributed by atoms with E-state index >= 15 is 0 Å². The van der Waals surface area contributed by atoms with Gasteiger partial charge in [0, 0.05) is 18.0 Å². The number of aromatic nitrogens is 3. The zero-order chi connectivity index (χ0) is 15.2. The van der Waals surface area contributed by atoms with Crippen molar-refractivity contribution in [2.24, 2.45) is 0 Å². The number of hydrogen-bond acceptors (Lipinski definition) is 6. The van der Waals surface area contributed by atoms with Crippen LogP contribution in [0.25, 0.3) is 0 Å². The van der Waals surface area contributed by atoms with Crippen molar-refractivity contribution in [1.29, 1.82) is 0 Å². The maximum atomic E-state index is 11.8. The number of carbonyl (C=O) groups is 2. The summed E-state index contributed by atoms with van der Waals surface area (Å²) in [5.74, 6) is -0.695. The molecule has 2 aromatic heterocycles. The second kappa shape index (κ2) is 6.84. The van der Waals surface area contributed by atoms with Gasteiger partial charge in [-0.15, -0.1) is 11.3 Å². The largest absolute Gasteiger partial charge is 0.469 e. The molecule has 0 saturated heterocycles. The van der Waals surface area contributed by atoms with Crippen molar-refractivity contribution in [3.05, 3.63) is 33.4 Å². The SMILES string of the molecule is COC(=O)CCCc1csc(NC(=O)c2c[nH]c(=O)[nH]2)n1. The molecular weight excluding hydrogens is 296 g/mol. The van der Waals surface area contributed by atoms with E-state index in [2.05, 4.69) is 25.0 Å². The van der Waals surface area contributed by atoms with Crippen LogP contribution >= 0.6 is 11.3 Å². The number of anilines is 1. The van der Waals surface area contributed by atoms with E-state index in [0.29, 0.717) is 24.4 Å². The predicted molar refractivity (Wildman–Crippen MR) is 76.4 cm³/mol. The summed E-state index contributed by atoms with van der Waals surface area (Å²) < 4.78 is 4.55. The number of carbonyl (C=O) groups excluding carboxylic acids is 2. The molecule has 9 heteroatoms. The molecule has 2 rings (SSSR count). The van der Waals surface area contributed by atoms with Crippen LogP contribution < -0.4 is 11.0 Å². The van der Waals surface area contributed by atoms with Crippen molar-refractivity contribution in [3.8, 4) is 0 Å². The van der Waals surface area contributed by atoms with Crippen molar-refractivity contribution in [1.82, 2.24) is 15.0 Å². The van der Waals surface area contributed by atoms with E-state index in [1.807, 2.05) is 5.38 Å². The van der Waals surface area contributed by atoms with Gasteiger partial charge in [-0.05, 0) is 12.8 Å². The number of esters is 1. The maximum absolute atomic E-state index is 11.8. The first-order chi connectivity index (χ1) is 10.1. The number of aryl methyl sites for hydroxylation is 1. The van der Waals surface area contributed by atoms with Gasteiger partial charge in [0.2, 0.25) is 0 Å². The smallest absolute Gasteiger partial charge is 0.323 e. The van der Waals surface area contributed by atoms with Gasteiger partial charge in [-0.3, -0.25) is 14.9 Å². The summed E-state index contributed by atoms with van der Waals surface area (Å²) in [5, 5.41) is 4.84. The Morgan fingerprint density at radius 1 is 1.48 bits per heavy atom. The summed E-state index contributed by atoms with van der Waals surface area (Å²) >= 11 is 1.28. The van der Waals surface area contributed by atoms with Crippen molar-refractivity contribution in [2.75, 3.05) is 12.4 Å². The molecule has 8 nitrogen and oxygen atoms in total. The van der Waals surface area contributed by atoms with E-state index in [0.717, 1.165) is 5.69 Å². The van der Waals surface area contributed by atoms with Crippen molar-refractivity contribution < 1.29 is 14.3 Å². The third-order valence-corrected chi connectivity index (χ3v) is 3.46. The van der Waals surface area contributed by atoms with E-state index in [4.69, 9.17) is 0 Å². The molecule has 112 valence electrons. The summed E-state index contributed by atoms with van der Waals surface area (Å²) in [7, 11) is 1.35. The van der Waals surface area contributed by atoms with Crippen LogP contribution in [0.2, 0.25) is 0 Å². The maximum Gasteiger partial charge on any atom is 0.323 e. The molecule has 0 aromatic carbocycles. The number of imidazole rings is 1. The summed E-state index contributed by atoms with van der Waals surface area (Å²) in [6, 6.07) is 0. The van der Waals surface area contributed by atoms with Crippen LogP contribution in [0.15, 0.2) is 16.4 Å². The highest BCUT2D eigenvalue weighted by atomic mass is 32.1. The van der Waals surface area contributed by atoms with Crippen LogP contribution in [0.1, 0.15) is 29.0 Å². The summed E-state index contributed by atoms with van der Waals surface area (Å²) in [4.78, 5) is 42.6. The number of H-pyrrole nitrogens is 2. The monoisotopic (exact) mass is 310 g/mol. The van der Waals surface area contributed by atoms with E-state index in [1.165, 1.54) is 24.6 Å². The number of nitrogens with one attached hydrogen (secondary N) is 3. The number of amides is 1. The molecule has 2 aromatic rings. The molecule has 0 fully saturated rings. The first-order valence-corrected chi connectivity index (χ1v) is 7.06. The minimum Gasteiger partial charge on any atom is -0.469 e. The zero-order valence-electron chi connectivity index (χ0n) is 11.3. The van der Waals surface area contributed by atoms with Crippen molar-refractivity contribution in [2.45, 2.75) is 19.3 Å². The highest BCUT2D eigenvalue weighted by Gasteiger charge is 2.11. The van der Waals surface area contributed by atoms with E-state index in [1.54, 1.807) is 0 Å². The minimum absolute atomic E-state index is 0.141. The Morgan fingerprint density at radius 3 is 2.95 bits per heavy atom. The fraction of sp³-hybridized carbons (Fsp3) is 0.333. The van der Waals surface area contributed by atoms with Gasteiger partial charge in [-0.25, -0.2) is 9.78 Å². The molecule has 21 heavy (non-hydrogen) atoms. The predicted octanol–water partition coefficient (Wildman–Crippen LogP) is 0.907. The number of rotatable bonds is 6. The molecule has 0 aliphatic carbocycles. The number of hydrogen-bond donors (Lipinski definition) is 3. The van der Waals surface area contributed by atoms with Crippen LogP contribution in [-0.2, 0) is 16.0 Å². The molecule has 0 aliphatic heterocycles. The van der Waals surface area contributed by atoms with Crippen LogP contribution in [0.4, 0.5) is 5.13 Å². The molecule has 0 radical (unpaired) electrons. The third-order valence-electron chi connectivity index (χ3n) is 2.65. The van der Waals surface area contributed by atoms with Gasteiger partial charge in [-0.1, -0.05) is 0 Å². The number of aromatic amines is 2. The Hall–Kier alpha value is -2.42. The van der Waals surface area contributed by atoms with Gasteiger partial charge in [-0.2, -0.15) is 0 Å². The molecular formula is C12H14N4O4S. The Kier molecular flexibility index (Phi) is 4.88. The van der Waals surface area contributed by atoms with Crippen LogP contribution in [0, 0.1) is 0 Å². The minimum atomic E-state index is -0.442. The van der Waals surface area contributed by atoms with E-state index in [-0.39, 0.29) is 11.7 Å². The lowest BCUT2D eigenvalue weighted by Gasteiger charge is -1.98.